The summed E-state index contributed by atoms with van der Waals surface area (Å²) in [5.41, 5.74) is 2.94. The Morgan fingerprint density at radius 3 is 2.69 bits per heavy atom. The van der Waals surface area contributed by atoms with E-state index in [4.69, 9.17) is 0 Å². The van der Waals surface area contributed by atoms with Crippen LogP contribution >= 0.6 is 0 Å². The van der Waals surface area contributed by atoms with Crippen LogP contribution in [0.15, 0.2) is 41.5 Å². The predicted octanol–water partition coefficient (Wildman–Crippen LogP) is 1.63. The molecule has 0 spiro atoms. The van der Waals surface area contributed by atoms with Crippen molar-refractivity contribution in [3.05, 3.63) is 42.0 Å². The quantitative estimate of drug-likeness (QED) is 0.463. The summed E-state index contributed by atoms with van der Waals surface area (Å²) in [7, 11) is 0. The Morgan fingerprint density at radius 1 is 1.19 bits per heavy atom. The molecule has 0 aliphatic rings. The second kappa shape index (κ2) is 4.44. The molecule has 2 aromatic carbocycles. The van der Waals surface area contributed by atoms with E-state index in [2.05, 4.69) is 10.5 Å². The summed E-state index contributed by atoms with van der Waals surface area (Å²) in [6.07, 6.45) is 1.98. The highest BCUT2D eigenvalue weighted by Crippen LogP contribution is 2.26. The van der Waals surface area contributed by atoms with Crippen molar-refractivity contribution in [3.8, 4) is 5.75 Å². The fourth-order valence-corrected chi connectivity index (χ4v) is 1.59. The van der Waals surface area contributed by atoms with E-state index in [0.29, 0.717) is 6.41 Å². The van der Waals surface area contributed by atoms with Crippen LogP contribution in [-0.4, -0.2) is 17.7 Å². The van der Waals surface area contributed by atoms with Crippen LogP contribution in [0.4, 0.5) is 0 Å². The van der Waals surface area contributed by atoms with Gasteiger partial charge in [0.1, 0.15) is 5.75 Å². The van der Waals surface area contributed by atoms with Gasteiger partial charge in [-0.15, -0.1) is 0 Å². The van der Waals surface area contributed by atoms with Gasteiger partial charge in [-0.3, -0.25) is 4.79 Å². The monoisotopic (exact) mass is 214 g/mol. The smallest absolute Gasteiger partial charge is 0.227 e. The summed E-state index contributed by atoms with van der Waals surface area (Å²) in [6, 6.07) is 10.9. The van der Waals surface area contributed by atoms with Crippen LogP contribution in [0.2, 0.25) is 0 Å². The van der Waals surface area contributed by atoms with E-state index < -0.39 is 0 Å². The highest BCUT2D eigenvalue weighted by atomic mass is 16.3. The van der Waals surface area contributed by atoms with Gasteiger partial charge >= 0.3 is 0 Å². The molecular formula is C12H10N2O2. The number of nitrogens with one attached hydrogen (secondary N) is 1. The lowest BCUT2D eigenvalue weighted by atomic mass is 10.0. The number of fused-ring (bicyclic) bond motifs is 1. The number of carbonyl (C=O) groups is 1. The Balaban J connectivity index is 2.56. The predicted molar refractivity (Wildman–Crippen MR) is 62.4 cm³/mol. The Bertz CT molecular complexity index is 544. The number of hydrogen-bond donors (Lipinski definition) is 2. The number of nitrogens with zero attached hydrogens (tertiary/aromatic N) is 1. The average molecular weight is 214 g/mol. The van der Waals surface area contributed by atoms with Crippen LogP contribution in [0.3, 0.4) is 0 Å². The maximum absolute atomic E-state index is 10.1. The molecule has 4 nitrogen and oxygen atoms in total. The van der Waals surface area contributed by atoms with Crippen molar-refractivity contribution in [2.24, 2.45) is 5.10 Å². The normalized spacial score (nSPS) is 10.8. The summed E-state index contributed by atoms with van der Waals surface area (Å²) < 4.78 is 0. The third-order valence-corrected chi connectivity index (χ3v) is 2.25. The molecule has 4 heteroatoms. The van der Waals surface area contributed by atoms with Gasteiger partial charge in [0.2, 0.25) is 6.41 Å². The minimum absolute atomic E-state index is 0.200. The molecule has 0 fully saturated rings. The zero-order valence-electron chi connectivity index (χ0n) is 8.42. The number of hydrazone groups is 1. The number of rotatable bonds is 3. The van der Waals surface area contributed by atoms with Crippen molar-refractivity contribution >= 4 is 23.4 Å². The lowest BCUT2D eigenvalue weighted by Crippen LogP contribution is -2.00. The van der Waals surface area contributed by atoms with E-state index >= 15 is 0 Å². The number of aromatic hydroxyl groups is 1. The molecule has 0 saturated carbocycles. The number of hydrogen-bond acceptors (Lipinski definition) is 3. The van der Waals surface area contributed by atoms with E-state index in [1.165, 1.54) is 6.21 Å². The first-order chi connectivity index (χ1) is 7.83. The topological polar surface area (TPSA) is 61.7 Å². The standard InChI is InChI=1S/C12H10N2O2/c15-8-14-13-7-10-5-1-3-9-4-2-6-11(16)12(9)10/h1-8,16H,(H,14,15)/b13-7-. The Morgan fingerprint density at radius 2 is 1.94 bits per heavy atom. The second-order valence-corrected chi connectivity index (χ2v) is 3.23. The van der Waals surface area contributed by atoms with Crippen LogP contribution in [-0.2, 0) is 4.79 Å². The molecule has 2 N–H and O–H groups in total. The maximum atomic E-state index is 10.1. The van der Waals surface area contributed by atoms with Crippen molar-refractivity contribution in [1.29, 1.82) is 0 Å². The minimum Gasteiger partial charge on any atom is -0.507 e. The van der Waals surface area contributed by atoms with Gasteiger partial charge in [0.05, 0.1) is 6.21 Å². The van der Waals surface area contributed by atoms with Gasteiger partial charge < -0.3 is 5.11 Å². The number of phenolic OH excluding ortho intramolecular Hbond substituents is 1. The summed E-state index contributed by atoms with van der Waals surface area (Å²) in [5.74, 6) is 0.200. The van der Waals surface area contributed by atoms with Crippen molar-refractivity contribution in [2.75, 3.05) is 0 Å². The molecule has 0 saturated heterocycles. The van der Waals surface area contributed by atoms with Gasteiger partial charge in [-0.1, -0.05) is 30.3 Å². The number of amides is 1. The highest BCUT2D eigenvalue weighted by Gasteiger charge is 2.02. The van der Waals surface area contributed by atoms with Crippen molar-refractivity contribution in [2.45, 2.75) is 0 Å². The van der Waals surface area contributed by atoms with E-state index in [0.717, 1.165) is 16.3 Å². The van der Waals surface area contributed by atoms with Crippen molar-refractivity contribution < 1.29 is 9.90 Å². The molecule has 80 valence electrons. The molecule has 0 aromatic heterocycles. The summed E-state index contributed by atoms with van der Waals surface area (Å²) in [6.45, 7) is 0. The van der Waals surface area contributed by atoms with Crippen molar-refractivity contribution in [3.63, 3.8) is 0 Å². The molecule has 2 rings (SSSR count). The lowest BCUT2D eigenvalue weighted by Gasteiger charge is -2.03. The Kier molecular flexibility index (Phi) is 2.82. The summed E-state index contributed by atoms with van der Waals surface area (Å²) in [4.78, 5) is 10.1. The SMILES string of the molecule is O=CN/N=C\c1cccc2cccc(O)c12. The van der Waals surface area contributed by atoms with Gasteiger partial charge in [0.15, 0.2) is 0 Å². The first-order valence-electron chi connectivity index (χ1n) is 4.76. The average Bonchev–Trinajstić information content (AvgIpc) is 2.30. The first-order valence-corrected chi connectivity index (χ1v) is 4.76. The Labute approximate surface area is 92.2 Å². The van der Waals surface area contributed by atoms with Crippen LogP contribution in [0.5, 0.6) is 5.75 Å². The molecule has 16 heavy (non-hydrogen) atoms. The number of carbonyl (C=O) groups excluding carboxylic acids is 1. The van der Waals surface area contributed by atoms with E-state index in [1.807, 2.05) is 24.3 Å². The van der Waals surface area contributed by atoms with Gasteiger partial charge in [-0.05, 0) is 11.5 Å². The van der Waals surface area contributed by atoms with E-state index in [9.17, 15) is 9.90 Å². The summed E-state index contributed by atoms with van der Waals surface area (Å²) >= 11 is 0. The van der Waals surface area contributed by atoms with E-state index in [1.54, 1.807) is 12.1 Å². The van der Waals surface area contributed by atoms with Gasteiger partial charge in [0.25, 0.3) is 0 Å². The molecule has 0 unspecified atom stereocenters. The van der Waals surface area contributed by atoms with Crippen LogP contribution in [0.25, 0.3) is 10.8 Å². The number of benzene rings is 2. The molecule has 0 radical (unpaired) electrons. The Hall–Kier alpha value is -2.36. The molecule has 0 heterocycles. The third kappa shape index (κ3) is 1.86. The lowest BCUT2D eigenvalue weighted by molar-refractivity contribution is -0.109. The zero-order valence-corrected chi connectivity index (χ0v) is 8.42. The summed E-state index contributed by atoms with van der Waals surface area (Å²) in [5, 5.41) is 15.1. The van der Waals surface area contributed by atoms with Crippen LogP contribution < -0.4 is 5.43 Å². The minimum atomic E-state index is 0.200. The van der Waals surface area contributed by atoms with Gasteiger partial charge in [-0.2, -0.15) is 5.10 Å². The molecular weight excluding hydrogens is 204 g/mol. The highest BCUT2D eigenvalue weighted by molar-refractivity contribution is 6.02. The first kappa shape index (κ1) is 10.2. The van der Waals surface area contributed by atoms with Crippen LogP contribution in [0.1, 0.15) is 5.56 Å². The molecule has 0 atom stereocenters. The van der Waals surface area contributed by atoms with Crippen molar-refractivity contribution in [1.82, 2.24) is 5.43 Å². The fraction of sp³-hybridized carbons (Fsp3) is 0. The molecule has 0 bridgehead atoms. The largest absolute Gasteiger partial charge is 0.507 e. The molecule has 1 amide bonds. The molecule has 0 aliphatic carbocycles. The van der Waals surface area contributed by atoms with Gasteiger partial charge in [-0.25, -0.2) is 5.43 Å². The molecule has 2 aromatic rings. The maximum Gasteiger partial charge on any atom is 0.227 e. The van der Waals surface area contributed by atoms with E-state index in [-0.39, 0.29) is 5.75 Å². The zero-order chi connectivity index (χ0) is 11.4. The van der Waals surface area contributed by atoms with Gasteiger partial charge in [0, 0.05) is 10.9 Å². The fourth-order valence-electron chi connectivity index (χ4n) is 1.59. The van der Waals surface area contributed by atoms with Crippen LogP contribution in [0, 0.1) is 0 Å². The third-order valence-electron chi connectivity index (χ3n) is 2.25. The second-order valence-electron chi connectivity index (χ2n) is 3.23. The number of phenols is 1. The molecule has 0 aliphatic heterocycles.